The summed E-state index contributed by atoms with van der Waals surface area (Å²) in [5.41, 5.74) is 2.37. The van der Waals surface area contributed by atoms with Gasteiger partial charge in [-0.1, -0.05) is 0 Å². The first kappa shape index (κ1) is 9.87. The maximum atomic E-state index is 5.67. The summed E-state index contributed by atoms with van der Waals surface area (Å²) in [7, 11) is 0. The molecule has 12 heavy (non-hydrogen) atoms. The summed E-state index contributed by atoms with van der Waals surface area (Å²) in [6.45, 7) is 2.87. The lowest BCUT2D eigenvalue weighted by molar-refractivity contribution is 0.520. The number of hydrogen-bond acceptors (Lipinski definition) is 2. The van der Waals surface area contributed by atoms with Crippen molar-refractivity contribution in [2.24, 2.45) is 4.99 Å². The SMILES string of the molecule is CC1=C(CCCl)CN(CCl)C=N1. The van der Waals surface area contributed by atoms with Crippen LogP contribution in [0.1, 0.15) is 13.3 Å². The molecular weight excluding hydrogens is 195 g/mol. The van der Waals surface area contributed by atoms with E-state index in [9.17, 15) is 0 Å². The molecule has 68 valence electrons. The average molecular weight is 207 g/mol. The van der Waals surface area contributed by atoms with Gasteiger partial charge in [0.25, 0.3) is 0 Å². The minimum Gasteiger partial charge on any atom is -0.345 e. The predicted octanol–water partition coefficient (Wildman–Crippen LogP) is 2.43. The lowest BCUT2D eigenvalue weighted by atomic mass is 10.1. The van der Waals surface area contributed by atoms with Crippen molar-refractivity contribution in [2.75, 3.05) is 18.4 Å². The quantitative estimate of drug-likeness (QED) is 0.512. The fourth-order valence-electron chi connectivity index (χ4n) is 1.11. The number of halogens is 2. The van der Waals surface area contributed by atoms with Gasteiger partial charge in [-0.05, 0) is 18.9 Å². The molecule has 0 unspecified atom stereocenters. The van der Waals surface area contributed by atoms with Crippen molar-refractivity contribution in [3.63, 3.8) is 0 Å². The maximum Gasteiger partial charge on any atom is 0.0940 e. The standard InChI is InChI=1S/C8H12Cl2N2/c1-7-8(2-3-9)4-12(5-10)6-11-7/h6H,2-5H2,1H3. The molecule has 0 amide bonds. The molecule has 0 spiro atoms. The smallest absolute Gasteiger partial charge is 0.0940 e. The van der Waals surface area contributed by atoms with Gasteiger partial charge in [0.05, 0.1) is 12.3 Å². The van der Waals surface area contributed by atoms with Crippen molar-refractivity contribution in [3.05, 3.63) is 11.3 Å². The Bertz CT molecular complexity index is 211. The Morgan fingerprint density at radius 1 is 1.58 bits per heavy atom. The van der Waals surface area contributed by atoms with E-state index in [0.29, 0.717) is 11.9 Å². The zero-order valence-corrected chi connectivity index (χ0v) is 8.57. The van der Waals surface area contributed by atoms with E-state index in [1.54, 1.807) is 6.34 Å². The Morgan fingerprint density at radius 3 is 2.92 bits per heavy atom. The van der Waals surface area contributed by atoms with Crippen LogP contribution < -0.4 is 0 Å². The molecule has 0 N–H and O–H groups in total. The minimum absolute atomic E-state index is 0.489. The number of alkyl halides is 2. The molecule has 2 nitrogen and oxygen atoms in total. The minimum atomic E-state index is 0.489. The van der Waals surface area contributed by atoms with Crippen molar-refractivity contribution in [1.29, 1.82) is 0 Å². The summed E-state index contributed by atoms with van der Waals surface area (Å²) in [6, 6.07) is 0.489. The number of allylic oxidation sites excluding steroid dienone is 1. The first-order valence-corrected chi connectivity index (χ1v) is 4.93. The van der Waals surface area contributed by atoms with Crippen LogP contribution in [0, 0.1) is 0 Å². The van der Waals surface area contributed by atoms with Crippen LogP contribution in [0.25, 0.3) is 0 Å². The second-order valence-electron chi connectivity index (χ2n) is 2.74. The summed E-state index contributed by atoms with van der Waals surface area (Å²) >= 11 is 11.3. The third kappa shape index (κ3) is 2.39. The van der Waals surface area contributed by atoms with E-state index in [4.69, 9.17) is 23.2 Å². The van der Waals surface area contributed by atoms with Gasteiger partial charge in [-0.3, -0.25) is 0 Å². The zero-order chi connectivity index (χ0) is 8.97. The van der Waals surface area contributed by atoms with Crippen LogP contribution in [-0.4, -0.2) is 29.7 Å². The van der Waals surface area contributed by atoms with E-state index < -0.39 is 0 Å². The molecule has 1 rings (SSSR count). The first-order valence-electron chi connectivity index (χ1n) is 3.86. The predicted molar refractivity (Wildman–Crippen MR) is 54.0 cm³/mol. The lowest BCUT2D eigenvalue weighted by Crippen LogP contribution is -2.26. The Morgan fingerprint density at radius 2 is 2.33 bits per heavy atom. The van der Waals surface area contributed by atoms with E-state index in [0.717, 1.165) is 18.7 Å². The summed E-state index contributed by atoms with van der Waals surface area (Å²) in [4.78, 5) is 6.17. The third-order valence-electron chi connectivity index (χ3n) is 1.87. The highest BCUT2D eigenvalue weighted by molar-refractivity contribution is 6.18. The summed E-state index contributed by atoms with van der Waals surface area (Å²) in [5, 5.41) is 0. The molecule has 1 heterocycles. The van der Waals surface area contributed by atoms with Crippen LogP contribution >= 0.6 is 23.2 Å². The summed E-state index contributed by atoms with van der Waals surface area (Å²) < 4.78 is 0. The molecule has 0 aromatic rings. The molecule has 0 bridgehead atoms. The van der Waals surface area contributed by atoms with Crippen molar-refractivity contribution >= 4 is 29.5 Å². The van der Waals surface area contributed by atoms with Crippen LogP contribution in [0.2, 0.25) is 0 Å². The zero-order valence-electron chi connectivity index (χ0n) is 7.06. The van der Waals surface area contributed by atoms with Crippen LogP contribution in [-0.2, 0) is 0 Å². The molecule has 0 saturated carbocycles. The topological polar surface area (TPSA) is 15.6 Å². The normalized spacial score (nSPS) is 17.4. The Labute approximate surface area is 82.9 Å². The third-order valence-corrected chi connectivity index (χ3v) is 2.37. The second kappa shape index (κ2) is 4.73. The lowest BCUT2D eigenvalue weighted by Gasteiger charge is -2.22. The van der Waals surface area contributed by atoms with Gasteiger partial charge in [-0.2, -0.15) is 0 Å². The van der Waals surface area contributed by atoms with Crippen molar-refractivity contribution < 1.29 is 0 Å². The van der Waals surface area contributed by atoms with Gasteiger partial charge in [0.2, 0.25) is 0 Å². The van der Waals surface area contributed by atoms with Crippen LogP contribution in [0.5, 0.6) is 0 Å². The highest BCUT2D eigenvalue weighted by Crippen LogP contribution is 2.16. The summed E-state index contributed by atoms with van der Waals surface area (Å²) in [6.07, 6.45) is 2.68. The first-order chi connectivity index (χ1) is 5.77. The van der Waals surface area contributed by atoms with Gasteiger partial charge in [-0.25, -0.2) is 4.99 Å². The summed E-state index contributed by atoms with van der Waals surface area (Å²) in [5.74, 6) is 0.651. The van der Waals surface area contributed by atoms with E-state index in [1.807, 2.05) is 11.8 Å². The molecule has 0 radical (unpaired) electrons. The molecular formula is C8H12Cl2N2. The molecule has 1 aliphatic rings. The average Bonchev–Trinajstić information content (AvgIpc) is 2.09. The fraction of sp³-hybridized carbons (Fsp3) is 0.625. The molecule has 4 heteroatoms. The van der Waals surface area contributed by atoms with E-state index in [2.05, 4.69) is 4.99 Å². The van der Waals surface area contributed by atoms with Crippen LogP contribution in [0.4, 0.5) is 0 Å². The van der Waals surface area contributed by atoms with Gasteiger partial charge in [-0.15, -0.1) is 23.2 Å². The molecule has 0 fully saturated rings. The molecule has 1 aliphatic heterocycles. The Kier molecular flexibility index (Phi) is 3.89. The second-order valence-corrected chi connectivity index (χ2v) is 3.36. The van der Waals surface area contributed by atoms with Crippen molar-refractivity contribution in [3.8, 4) is 0 Å². The van der Waals surface area contributed by atoms with Crippen molar-refractivity contribution in [2.45, 2.75) is 13.3 Å². The van der Waals surface area contributed by atoms with Gasteiger partial charge >= 0.3 is 0 Å². The Balaban J connectivity index is 2.62. The molecule has 0 atom stereocenters. The van der Waals surface area contributed by atoms with Gasteiger partial charge < -0.3 is 4.90 Å². The highest BCUT2D eigenvalue weighted by atomic mass is 35.5. The number of hydrogen-bond donors (Lipinski definition) is 0. The van der Waals surface area contributed by atoms with E-state index in [-0.39, 0.29) is 0 Å². The van der Waals surface area contributed by atoms with E-state index in [1.165, 1.54) is 5.57 Å². The number of nitrogens with zero attached hydrogens (tertiary/aromatic N) is 2. The molecule has 0 aromatic heterocycles. The highest BCUT2D eigenvalue weighted by Gasteiger charge is 2.10. The Hall–Kier alpha value is -0.210. The molecule has 0 aromatic carbocycles. The number of aliphatic imine (C=N–C) groups is 1. The number of rotatable bonds is 3. The maximum absolute atomic E-state index is 5.67. The van der Waals surface area contributed by atoms with Gasteiger partial charge in [0.15, 0.2) is 0 Å². The molecule has 0 aliphatic carbocycles. The van der Waals surface area contributed by atoms with Crippen molar-refractivity contribution in [1.82, 2.24) is 4.90 Å². The van der Waals surface area contributed by atoms with E-state index >= 15 is 0 Å². The van der Waals surface area contributed by atoms with Crippen LogP contribution in [0.15, 0.2) is 16.3 Å². The largest absolute Gasteiger partial charge is 0.345 e. The van der Waals surface area contributed by atoms with Gasteiger partial charge in [0, 0.05) is 18.1 Å². The monoisotopic (exact) mass is 206 g/mol. The fourth-order valence-corrected chi connectivity index (χ4v) is 1.48. The van der Waals surface area contributed by atoms with Crippen LogP contribution in [0.3, 0.4) is 0 Å². The van der Waals surface area contributed by atoms with Gasteiger partial charge in [0.1, 0.15) is 0 Å². The molecule has 0 saturated heterocycles.